The number of carboxylic acid groups (broad SMARTS) is 1. The van der Waals surface area contributed by atoms with Crippen LogP contribution in [0.25, 0.3) is 0 Å². The van der Waals surface area contributed by atoms with Gasteiger partial charge in [0.15, 0.2) is 0 Å². The summed E-state index contributed by atoms with van der Waals surface area (Å²) in [5.74, 6) is -1.33. The summed E-state index contributed by atoms with van der Waals surface area (Å²) in [6, 6.07) is 5.82. The first-order valence-electron chi connectivity index (χ1n) is 6.02. The first-order chi connectivity index (χ1) is 8.69. The molecule has 5 heteroatoms. The molecule has 1 unspecified atom stereocenters. The largest absolute Gasteiger partial charge is 0.480 e. The fraction of sp³-hybridized carbons (Fsp3) is 0.429. The summed E-state index contributed by atoms with van der Waals surface area (Å²) in [6.45, 7) is 6.95. The highest BCUT2D eigenvalue weighted by Gasteiger charge is 2.18. The molecule has 19 heavy (non-hydrogen) atoms. The lowest BCUT2D eigenvalue weighted by Gasteiger charge is -2.19. The number of benzene rings is 1. The molecule has 0 amide bonds. The Morgan fingerprint density at radius 1 is 1.21 bits per heavy atom. The van der Waals surface area contributed by atoms with Gasteiger partial charge in [0.1, 0.15) is 11.6 Å². The van der Waals surface area contributed by atoms with Crippen molar-refractivity contribution in [1.29, 1.82) is 0 Å². The smallest absolute Gasteiger partial charge is 0.338 e. The van der Waals surface area contributed by atoms with E-state index in [-0.39, 0.29) is 0 Å². The predicted molar refractivity (Wildman–Crippen MR) is 72.3 cm³/mol. The topological polar surface area (TPSA) is 75.6 Å². The number of ether oxygens (including phenoxy) is 1. The van der Waals surface area contributed by atoms with Crippen LogP contribution < -0.4 is 5.32 Å². The minimum atomic E-state index is -0.934. The highest BCUT2D eigenvalue weighted by molar-refractivity contribution is 5.90. The van der Waals surface area contributed by atoms with E-state index in [1.165, 1.54) is 0 Å². The van der Waals surface area contributed by atoms with E-state index in [1.54, 1.807) is 52.0 Å². The van der Waals surface area contributed by atoms with E-state index in [0.717, 1.165) is 0 Å². The van der Waals surface area contributed by atoms with Crippen molar-refractivity contribution in [2.45, 2.75) is 39.3 Å². The molecule has 0 fully saturated rings. The zero-order chi connectivity index (χ0) is 14.6. The highest BCUT2D eigenvalue weighted by atomic mass is 16.6. The molecule has 0 saturated carbocycles. The summed E-state index contributed by atoms with van der Waals surface area (Å²) in [5, 5.41) is 11.6. The number of hydrogen-bond acceptors (Lipinski definition) is 4. The predicted octanol–water partition coefficient (Wildman–Crippen LogP) is 2.53. The second-order valence-electron chi connectivity index (χ2n) is 5.28. The minimum Gasteiger partial charge on any atom is -0.480 e. The van der Waals surface area contributed by atoms with Crippen LogP contribution in [0.3, 0.4) is 0 Å². The van der Waals surface area contributed by atoms with Gasteiger partial charge in [-0.2, -0.15) is 0 Å². The van der Waals surface area contributed by atoms with Gasteiger partial charge >= 0.3 is 11.9 Å². The number of carbonyl (C=O) groups is 2. The monoisotopic (exact) mass is 265 g/mol. The first kappa shape index (κ1) is 15.0. The second-order valence-corrected chi connectivity index (χ2v) is 5.28. The molecule has 1 rings (SSSR count). The number of nitrogens with one attached hydrogen (secondary N) is 1. The molecule has 2 N–H and O–H groups in total. The van der Waals surface area contributed by atoms with Gasteiger partial charge in [-0.05, 0) is 52.0 Å². The zero-order valence-electron chi connectivity index (χ0n) is 11.6. The van der Waals surface area contributed by atoms with Crippen LogP contribution >= 0.6 is 0 Å². The third-order valence-corrected chi connectivity index (χ3v) is 2.27. The lowest BCUT2D eigenvalue weighted by molar-refractivity contribution is -0.137. The maximum absolute atomic E-state index is 11.8. The van der Waals surface area contributed by atoms with Crippen molar-refractivity contribution in [2.24, 2.45) is 0 Å². The summed E-state index contributed by atoms with van der Waals surface area (Å²) in [7, 11) is 0. The fourth-order valence-corrected chi connectivity index (χ4v) is 1.35. The number of carbonyl (C=O) groups excluding carboxylic acids is 1. The summed E-state index contributed by atoms with van der Waals surface area (Å²) >= 11 is 0. The van der Waals surface area contributed by atoms with Gasteiger partial charge in [-0.15, -0.1) is 0 Å². The molecule has 0 saturated heterocycles. The molecular formula is C14H19NO4. The average molecular weight is 265 g/mol. The van der Waals surface area contributed by atoms with E-state index in [0.29, 0.717) is 11.3 Å². The van der Waals surface area contributed by atoms with Crippen molar-refractivity contribution in [1.82, 2.24) is 0 Å². The van der Waals surface area contributed by atoms with Crippen LogP contribution in [0, 0.1) is 0 Å². The third-order valence-electron chi connectivity index (χ3n) is 2.27. The van der Waals surface area contributed by atoms with Crippen molar-refractivity contribution in [2.75, 3.05) is 5.32 Å². The highest BCUT2D eigenvalue weighted by Crippen LogP contribution is 2.15. The molecular weight excluding hydrogens is 246 g/mol. The van der Waals surface area contributed by atoms with Crippen LogP contribution in [0.15, 0.2) is 24.3 Å². The quantitative estimate of drug-likeness (QED) is 0.818. The van der Waals surface area contributed by atoms with Gasteiger partial charge in [-0.25, -0.2) is 4.79 Å². The Morgan fingerprint density at radius 2 is 1.74 bits per heavy atom. The normalized spacial score (nSPS) is 12.6. The Hall–Kier alpha value is -2.04. The Labute approximate surface area is 112 Å². The number of anilines is 1. The number of aliphatic carboxylic acids is 1. The molecule has 0 spiro atoms. The molecule has 1 aromatic carbocycles. The summed E-state index contributed by atoms with van der Waals surface area (Å²) in [4.78, 5) is 22.5. The zero-order valence-corrected chi connectivity index (χ0v) is 11.6. The number of rotatable bonds is 4. The van der Waals surface area contributed by atoms with Crippen molar-refractivity contribution < 1.29 is 19.4 Å². The van der Waals surface area contributed by atoms with E-state index in [9.17, 15) is 9.59 Å². The van der Waals surface area contributed by atoms with Gasteiger partial charge in [0.2, 0.25) is 0 Å². The van der Waals surface area contributed by atoms with E-state index < -0.39 is 23.6 Å². The fourth-order valence-electron chi connectivity index (χ4n) is 1.35. The first-order valence-corrected chi connectivity index (χ1v) is 6.02. The number of carboxylic acids is 1. The van der Waals surface area contributed by atoms with Crippen molar-refractivity contribution >= 4 is 17.6 Å². The van der Waals surface area contributed by atoms with Crippen LogP contribution in [-0.4, -0.2) is 28.7 Å². The van der Waals surface area contributed by atoms with Gasteiger partial charge in [0, 0.05) is 5.69 Å². The Kier molecular flexibility index (Phi) is 4.53. The standard InChI is InChI=1S/C14H19NO4/c1-9(12(16)17)15-11-7-5-10(6-8-11)13(18)19-14(2,3)4/h5-9,15H,1-4H3,(H,16,17). The van der Waals surface area contributed by atoms with Crippen molar-refractivity contribution in [3.8, 4) is 0 Å². The maximum Gasteiger partial charge on any atom is 0.338 e. The van der Waals surface area contributed by atoms with E-state index in [4.69, 9.17) is 9.84 Å². The average Bonchev–Trinajstić information content (AvgIpc) is 2.27. The van der Waals surface area contributed by atoms with Crippen molar-refractivity contribution in [3.05, 3.63) is 29.8 Å². The third kappa shape index (κ3) is 4.99. The number of hydrogen-bond donors (Lipinski definition) is 2. The summed E-state index contributed by atoms with van der Waals surface area (Å²) in [5.41, 5.74) is 0.539. The molecule has 0 aliphatic carbocycles. The second kappa shape index (κ2) is 5.73. The molecule has 1 atom stereocenters. The SMILES string of the molecule is CC(Nc1ccc(C(=O)OC(C)(C)C)cc1)C(=O)O. The van der Waals surface area contributed by atoms with Crippen LogP contribution in [0.1, 0.15) is 38.1 Å². The Balaban J connectivity index is 2.71. The van der Waals surface area contributed by atoms with Gasteiger partial charge < -0.3 is 15.2 Å². The molecule has 0 radical (unpaired) electrons. The maximum atomic E-state index is 11.8. The summed E-state index contributed by atoms with van der Waals surface area (Å²) < 4.78 is 5.23. The van der Waals surface area contributed by atoms with Crippen LogP contribution in [0.5, 0.6) is 0 Å². The van der Waals surface area contributed by atoms with Crippen LogP contribution in [-0.2, 0) is 9.53 Å². The molecule has 1 aromatic rings. The molecule has 0 aromatic heterocycles. The van der Waals surface area contributed by atoms with Gasteiger partial charge in [-0.3, -0.25) is 4.79 Å². The molecule has 0 heterocycles. The molecule has 5 nitrogen and oxygen atoms in total. The number of esters is 1. The Bertz CT molecular complexity index is 459. The summed E-state index contributed by atoms with van der Waals surface area (Å²) in [6.07, 6.45) is 0. The molecule has 0 aliphatic heterocycles. The van der Waals surface area contributed by atoms with Crippen LogP contribution in [0.4, 0.5) is 5.69 Å². The van der Waals surface area contributed by atoms with E-state index in [2.05, 4.69) is 5.32 Å². The lowest BCUT2D eigenvalue weighted by atomic mass is 10.1. The lowest BCUT2D eigenvalue weighted by Crippen LogP contribution is -2.25. The van der Waals surface area contributed by atoms with Gasteiger partial charge in [0.05, 0.1) is 5.56 Å². The van der Waals surface area contributed by atoms with E-state index >= 15 is 0 Å². The van der Waals surface area contributed by atoms with Gasteiger partial charge in [0.25, 0.3) is 0 Å². The minimum absolute atomic E-state index is 0.398. The molecule has 104 valence electrons. The van der Waals surface area contributed by atoms with E-state index in [1.807, 2.05) is 0 Å². The molecule has 0 bridgehead atoms. The van der Waals surface area contributed by atoms with Crippen molar-refractivity contribution in [3.63, 3.8) is 0 Å². The molecule has 0 aliphatic rings. The van der Waals surface area contributed by atoms with Crippen LogP contribution in [0.2, 0.25) is 0 Å². The Morgan fingerprint density at radius 3 is 2.16 bits per heavy atom. The van der Waals surface area contributed by atoms with Gasteiger partial charge in [-0.1, -0.05) is 0 Å².